The Morgan fingerprint density at radius 3 is 2.75 bits per heavy atom. The maximum absolute atomic E-state index is 12.6. The summed E-state index contributed by atoms with van der Waals surface area (Å²) in [6.07, 6.45) is 5.22. The molecule has 0 fully saturated rings. The predicted molar refractivity (Wildman–Crippen MR) is 121 cm³/mol. The van der Waals surface area contributed by atoms with Crippen LogP contribution >= 0.6 is 11.8 Å². The van der Waals surface area contributed by atoms with Gasteiger partial charge in [0.15, 0.2) is 0 Å². The molecule has 3 aromatic rings. The van der Waals surface area contributed by atoms with Crippen molar-refractivity contribution in [3.05, 3.63) is 66.7 Å². The molecule has 11 heteroatoms. The predicted octanol–water partition coefficient (Wildman–Crippen LogP) is 2.07. The van der Waals surface area contributed by atoms with Gasteiger partial charge in [0, 0.05) is 23.0 Å². The number of rotatable bonds is 7. The number of nitrogens with one attached hydrogen (secondary N) is 3. The lowest BCUT2D eigenvalue weighted by Gasteiger charge is -2.18. The number of carbonyl (C=O) groups is 2. The van der Waals surface area contributed by atoms with Crippen LogP contribution in [0, 0.1) is 0 Å². The van der Waals surface area contributed by atoms with E-state index in [0.29, 0.717) is 11.4 Å². The molecule has 0 bridgehead atoms. The molecule has 1 aliphatic rings. The fourth-order valence-electron chi connectivity index (χ4n) is 3.20. The summed E-state index contributed by atoms with van der Waals surface area (Å²) in [4.78, 5) is 28.7. The van der Waals surface area contributed by atoms with Crippen LogP contribution in [0.5, 0.6) is 0 Å². The van der Waals surface area contributed by atoms with Gasteiger partial charge in [0.25, 0.3) is 0 Å². The molecule has 1 atom stereocenters. The van der Waals surface area contributed by atoms with Crippen molar-refractivity contribution < 1.29 is 18.0 Å². The lowest BCUT2D eigenvalue weighted by Crippen LogP contribution is -2.38. The molecule has 0 radical (unpaired) electrons. The Labute approximate surface area is 189 Å². The van der Waals surface area contributed by atoms with Crippen molar-refractivity contribution in [3.63, 3.8) is 0 Å². The molecule has 32 heavy (non-hydrogen) atoms. The van der Waals surface area contributed by atoms with E-state index >= 15 is 0 Å². The zero-order chi connectivity index (χ0) is 22.7. The van der Waals surface area contributed by atoms with E-state index in [2.05, 4.69) is 20.3 Å². The summed E-state index contributed by atoms with van der Waals surface area (Å²) in [5.41, 5.74) is 2.27. The molecule has 166 valence electrons. The molecule has 1 unspecified atom stereocenters. The summed E-state index contributed by atoms with van der Waals surface area (Å²) in [6, 6.07) is 11.8. The van der Waals surface area contributed by atoms with Crippen molar-refractivity contribution in [2.75, 3.05) is 17.6 Å². The lowest BCUT2D eigenvalue weighted by atomic mass is 10.1. The summed E-state index contributed by atoms with van der Waals surface area (Å²) in [5.74, 6) is -0.347. The molecular formula is C21H21N5O4S2. The number of imidazole rings is 1. The van der Waals surface area contributed by atoms with Crippen LogP contribution in [0.1, 0.15) is 18.5 Å². The fourth-order valence-corrected chi connectivity index (χ4v) is 4.99. The summed E-state index contributed by atoms with van der Waals surface area (Å²) < 4.78 is 29.4. The van der Waals surface area contributed by atoms with E-state index in [-0.39, 0.29) is 16.8 Å². The van der Waals surface area contributed by atoms with E-state index in [1.807, 2.05) is 42.0 Å². The van der Waals surface area contributed by atoms with Crippen molar-refractivity contribution in [1.82, 2.24) is 19.6 Å². The highest BCUT2D eigenvalue weighted by molar-refractivity contribution is 8.00. The molecule has 2 aromatic carbocycles. The van der Waals surface area contributed by atoms with Crippen LogP contribution < -0.4 is 15.4 Å². The molecule has 1 aromatic heterocycles. The smallest absolute Gasteiger partial charge is 0.241 e. The van der Waals surface area contributed by atoms with Crippen molar-refractivity contribution in [1.29, 1.82) is 0 Å². The van der Waals surface area contributed by atoms with E-state index in [0.717, 1.165) is 16.1 Å². The normalized spacial score (nSPS) is 14.3. The van der Waals surface area contributed by atoms with Crippen LogP contribution in [0.4, 0.5) is 5.69 Å². The molecule has 0 aliphatic carbocycles. The molecule has 0 saturated heterocycles. The maximum Gasteiger partial charge on any atom is 0.241 e. The number of hydrogen-bond acceptors (Lipinski definition) is 6. The molecule has 0 spiro atoms. The first-order valence-electron chi connectivity index (χ1n) is 9.76. The van der Waals surface area contributed by atoms with E-state index in [1.165, 1.54) is 23.9 Å². The van der Waals surface area contributed by atoms with Gasteiger partial charge in [-0.1, -0.05) is 12.1 Å². The highest BCUT2D eigenvalue weighted by Gasteiger charge is 2.21. The molecule has 9 nitrogen and oxygen atoms in total. The molecular weight excluding hydrogens is 450 g/mol. The number of thioether (sulfide) groups is 1. The number of carbonyl (C=O) groups excluding carboxylic acids is 2. The average Bonchev–Trinajstić information content (AvgIpc) is 3.32. The molecule has 2 amide bonds. The second-order valence-corrected chi connectivity index (χ2v) is 9.95. The van der Waals surface area contributed by atoms with E-state index in [4.69, 9.17) is 0 Å². The SMILES string of the molecule is CC(NC(=O)CNS(=O)(=O)c1ccc2c(c1)NC(=O)CS2)c1ccc(-n2ccnc2)cc1. The van der Waals surface area contributed by atoms with Crippen LogP contribution in [0.25, 0.3) is 5.69 Å². The van der Waals surface area contributed by atoms with Gasteiger partial charge in [-0.3, -0.25) is 9.59 Å². The number of sulfonamides is 1. The van der Waals surface area contributed by atoms with Crippen LogP contribution in [0.3, 0.4) is 0 Å². The van der Waals surface area contributed by atoms with Gasteiger partial charge in [-0.2, -0.15) is 0 Å². The van der Waals surface area contributed by atoms with E-state index < -0.39 is 22.5 Å². The first-order chi connectivity index (χ1) is 15.3. The molecule has 3 N–H and O–H groups in total. The average molecular weight is 472 g/mol. The molecule has 2 heterocycles. The van der Waals surface area contributed by atoms with E-state index in [1.54, 1.807) is 18.6 Å². The van der Waals surface area contributed by atoms with Crippen LogP contribution in [0.15, 0.2) is 71.0 Å². The maximum atomic E-state index is 12.6. The lowest BCUT2D eigenvalue weighted by molar-refractivity contribution is -0.120. The fraction of sp³-hybridized carbons (Fsp3) is 0.190. The second-order valence-electron chi connectivity index (χ2n) is 7.17. The largest absolute Gasteiger partial charge is 0.348 e. The van der Waals surface area contributed by atoms with Crippen molar-refractivity contribution in [2.24, 2.45) is 0 Å². The van der Waals surface area contributed by atoms with Crippen molar-refractivity contribution >= 4 is 39.3 Å². The number of benzene rings is 2. The number of amides is 2. The van der Waals surface area contributed by atoms with Crippen molar-refractivity contribution in [3.8, 4) is 5.69 Å². The summed E-state index contributed by atoms with van der Waals surface area (Å²) in [7, 11) is -3.92. The Morgan fingerprint density at radius 2 is 2.03 bits per heavy atom. The molecule has 4 rings (SSSR count). The third-order valence-electron chi connectivity index (χ3n) is 4.89. The van der Waals surface area contributed by atoms with Gasteiger partial charge in [-0.05, 0) is 42.8 Å². The number of aromatic nitrogens is 2. The first-order valence-corrected chi connectivity index (χ1v) is 12.2. The zero-order valence-corrected chi connectivity index (χ0v) is 18.7. The Bertz CT molecular complexity index is 1240. The number of fused-ring (bicyclic) bond motifs is 1. The Hall–Kier alpha value is -3.15. The number of anilines is 1. The van der Waals surface area contributed by atoms with E-state index in [9.17, 15) is 18.0 Å². The number of hydrogen-bond donors (Lipinski definition) is 3. The second kappa shape index (κ2) is 9.15. The first kappa shape index (κ1) is 22.1. The van der Waals surface area contributed by atoms with Crippen LogP contribution in [-0.2, 0) is 19.6 Å². The van der Waals surface area contributed by atoms with Crippen molar-refractivity contribution in [2.45, 2.75) is 22.8 Å². The summed E-state index contributed by atoms with van der Waals surface area (Å²) >= 11 is 1.34. The van der Waals surface area contributed by atoms with Gasteiger partial charge in [-0.15, -0.1) is 11.8 Å². The van der Waals surface area contributed by atoms with Gasteiger partial charge in [0.1, 0.15) is 0 Å². The third kappa shape index (κ3) is 5.01. The molecule has 1 aliphatic heterocycles. The quantitative estimate of drug-likeness (QED) is 0.485. The standard InChI is InChI=1S/C21H21N5O4S2/c1-14(15-2-4-16(5-3-15)26-9-8-22-13-26)24-20(27)11-23-32(29,30)17-6-7-19-18(10-17)25-21(28)12-31-19/h2-10,13-14,23H,11-12H2,1H3,(H,24,27)(H,25,28). The Morgan fingerprint density at radius 1 is 1.25 bits per heavy atom. The monoisotopic (exact) mass is 471 g/mol. The van der Waals surface area contributed by atoms with Gasteiger partial charge < -0.3 is 15.2 Å². The highest BCUT2D eigenvalue weighted by Crippen LogP contribution is 2.33. The minimum absolute atomic E-state index is 0.0185. The Kier molecular flexibility index (Phi) is 6.31. The topological polar surface area (TPSA) is 122 Å². The number of nitrogens with zero attached hydrogens (tertiary/aromatic N) is 2. The summed E-state index contributed by atoms with van der Waals surface area (Å²) in [5, 5.41) is 5.44. The molecule has 0 saturated carbocycles. The minimum Gasteiger partial charge on any atom is -0.348 e. The van der Waals surface area contributed by atoms with Gasteiger partial charge in [0.05, 0.1) is 35.2 Å². The van der Waals surface area contributed by atoms with Crippen LogP contribution in [0.2, 0.25) is 0 Å². The van der Waals surface area contributed by atoms with Crippen LogP contribution in [-0.4, -0.2) is 42.1 Å². The van der Waals surface area contributed by atoms with Gasteiger partial charge in [-0.25, -0.2) is 18.1 Å². The minimum atomic E-state index is -3.92. The Balaban J connectivity index is 1.35. The van der Waals surface area contributed by atoms with Gasteiger partial charge in [0.2, 0.25) is 21.8 Å². The highest BCUT2D eigenvalue weighted by atomic mass is 32.2. The summed E-state index contributed by atoms with van der Waals surface area (Å²) in [6.45, 7) is 1.42. The zero-order valence-electron chi connectivity index (χ0n) is 17.1. The van der Waals surface area contributed by atoms with Gasteiger partial charge >= 0.3 is 0 Å². The third-order valence-corrected chi connectivity index (χ3v) is 7.36.